The number of benzene rings is 1. The summed E-state index contributed by atoms with van der Waals surface area (Å²) >= 11 is 0. The Kier molecular flexibility index (Phi) is 4.60. The molecule has 6 nitrogen and oxygen atoms in total. The summed E-state index contributed by atoms with van der Waals surface area (Å²) in [5.74, 6) is 0.222. The van der Waals surface area contributed by atoms with Crippen LogP contribution >= 0.6 is 0 Å². The van der Waals surface area contributed by atoms with Crippen molar-refractivity contribution in [3.63, 3.8) is 0 Å². The fraction of sp³-hybridized carbons (Fsp3) is 0.176. The molecule has 0 spiro atoms. The van der Waals surface area contributed by atoms with E-state index in [4.69, 9.17) is 0 Å². The fourth-order valence-corrected chi connectivity index (χ4v) is 2.17. The summed E-state index contributed by atoms with van der Waals surface area (Å²) in [6.07, 6.45) is 5.77. The molecule has 0 unspecified atom stereocenters. The number of anilines is 1. The van der Waals surface area contributed by atoms with Gasteiger partial charge in [0.05, 0.1) is 35.9 Å². The van der Waals surface area contributed by atoms with Crippen molar-refractivity contribution >= 4 is 11.6 Å². The van der Waals surface area contributed by atoms with Crippen LogP contribution in [0.1, 0.15) is 18.4 Å². The smallest absolute Gasteiger partial charge is 0.230 e. The molecule has 24 heavy (non-hydrogen) atoms. The van der Waals surface area contributed by atoms with Crippen LogP contribution in [-0.4, -0.2) is 25.7 Å². The van der Waals surface area contributed by atoms with E-state index < -0.39 is 0 Å². The van der Waals surface area contributed by atoms with Crippen molar-refractivity contribution in [3.05, 3.63) is 66.3 Å². The number of aryl methyl sites for hydroxylation is 1. The molecule has 0 saturated carbocycles. The van der Waals surface area contributed by atoms with Gasteiger partial charge in [0.15, 0.2) is 0 Å². The predicted octanol–water partition coefficient (Wildman–Crippen LogP) is 2.55. The fourth-order valence-electron chi connectivity index (χ4n) is 2.17. The van der Waals surface area contributed by atoms with Crippen LogP contribution in [0.3, 0.4) is 0 Å². The van der Waals surface area contributed by atoms with Gasteiger partial charge in [-0.05, 0) is 30.3 Å². The minimum atomic E-state index is -0.304. The van der Waals surface area contributed by atoms with E-state index >= 15 is 0 Å². The average Bonchev–Trinajstić information content (AvgIpc) is 3.04. The zero-order valence-electron chi connectivity index (χ0n) is 13.1. The van der Waals surface area contributed by atoms with Gasteiger partial charge in [-0.3, -0.25) is 4.79 Å². The molecular weight excluding hydrogens is 309 g/mol. The van der Waals surface area contributed by atoms with Gasteiger partial charge in [-0.2, -0.15) is 5.10 Å². The number of nitrogens with zero attached hydrogens (tertiary/aromatic N) is 4. The molecule has 1 aromatic carbocycles. The molecule has 7 heteroatoms. The summed E-state index contributed by atoms with van der Waals surface area (Å²) in [5.41, 5.74) is 1.89. The van der Waals surface area contributed by atoms with Crippen molar-refractivity contribution < 1.29 is 9.18 Å². The van der Waals surface area contributed by atoms with Crippen molar-refractivity contribution in [2.75, 3.05) is 5.32 Å². The maximum atomic E-state index is 12.9. The molecule has 0 radical (unpaired) electrons. The summed E-state index contributed by atoms with van der Waals surface area (Å²) in [7, 11) is 0. The number of carbonyl (C=O) groups excluding carboxylic acids is 1. The first-order valence-corrected chi connectivity index (χ1v) is 7.55. The number of amides is 1. The van der Waals surface area contributed by atoms with Crippen LogP contribution in [0.2, 0.25) is 0 Å². The molecule has 1 amide bonds. The standard InChI is InChI=1S/C17H16FN5O/c1-2-16-19-10-14(11-20-16)21-17(24)9-13-7-8-23(22-13)15-5-3-12(18)4-6-15/h3-8,10-11H,2,9H2,1H3,(H,21,24). The Hall–Kier alpha value is -3.09. The molecule has 122 valence electrons. The molecule has 0 atom stereocenters. The molecule has 3 aromatic rings. The first kappa shape index (κ1) is 15.8. The van der Waals surface area contributed by atoms with Gasteiger partial charge in [0.2, 0.25) is 5.91 Å². The van der Waals surface area contributed by atoms with Crippen LogP contribution in [0, 0.1) is 5.82 Å². The molecule has 3 rings (SSSR count). The summed E-state index contributed by atoms with van der Waals surface area (Å²) in [6, 6.07) is 7.73. The van der Waals surface area contributed by atoms with Crippen LogP contribution in [0.4, 0.5) is 10.1 Å². The van der Waals surface area contributed by atoms with Gasteiger partial charge in [0.1, 0.15) is 11.6 Å². The summed E-state index contributed by atoms with van der Waals surface area (Å²) in [4.78, 5) is 20.3. The van der Waals surface area contributed by atoms with Gasteiger partial charge in [-0.15, -0.1) is 0 Å². The third kappa shape index (κ3) is 3.81. The Morgan fingerprint density at radius 3 is 2.54 bits per heavy atom. The molecule has 2 aromatic heterocycles. The van der Waals surface area contributed by atoms with Crippen LogP contribution in [-0.2, 0) is 17.6 Å². The van der Waals surface area contributed by atoms with E-state index in [-0.39, 0.29) is 18.1 Å². The van der Waals surface area contributed by atoms with Gasteiger partial charge in [0, 0.05) is 12.6 Å². The molecule has 0 saturated heterocycles. The van der Waals surface area contributed by atoms with Gasteiger partial charge < -0.3 is 5.32 Å². The van der Waals surface area contributed by atoms with Crippen molar-refractivity contribution in [2.24, 2.45) is 0 Å². The SMILES string of the molecule is CCc1ncc(NC(=O)Cc2ccn(-c3ccc(F)cc3)n2)cn1. The molecule has 0 fully saturated rings. The van der Waals surface area contributed by atoms with Gasteiger partial charge in [0.25, 0.3) is 0 Å². The van der Waals surface area contributed by atoms with E-state index in [1.807, 2.05) is 6.92 Å². The Morgan fingerprint density at radius 1 is 1.17 bits per heavy atom. The van der Waals surface area contributed by atoms with Crippen molar-refractivity contribution in [1.29, 1.82) is 0 Å². The third-order valence-corrected chi connectivity index (χ3v) is 3.38. The molecule has 0 aliphatic rings. The molecule has 2 heterocycles. The minimum Gasteiger partial charge on any atom is -0.323 e. The molecule has 1 N–H and O–H groups in total. The van der Waals surface area contributed by atoms with E-state index in [1.54, 1.807) is 41.5 Å². The van der Waals surface area contributed by atoms with Crippen LogP contribution < -0.4 is 5.32 Å². The Balaban J connectivity index is 1.63. The summed E-state index contributed by atoms with van der Waals surface area (Å²) in [5, 5.41) is 7.06. The van der Waals surface area contributed by atoms with Crippen LogP contribution in [0.15, 0.2) is 48.9 Å². The second kappa shape index (κ2) is 6.99. The highest BCUT2D eigenvalue weighted by molar-refractivity contribution is 5.91. The maximum absolute atomic E-state index is 12.9. The predicted molar refractivity (Wildman–Crippen MR) is 87.3 cm³/mol. The molecule has 0 bridgehead atoms. The highest BCUT2D eigenvalue weighted by Crippen LogP contribution is 2.10. The second-order valence-electron chi connectivity index (χ2n) is 5.19. The van der Waals surface area contributed by atoms with E-state index in [0.29, 0.717) is 11.4 Å². The summed E-state index contributed by atoms with van der Waals surface area (Å²) in [6.45, 7) is 1.96. The number of aromatic nitrogens is 4. The third-order valence-electron chi connectivity index (χ3n) is 3.38. The Bertz CT molecular complexity index is 827. The zero-order valence-corrected chi connectivity index (χ0v) is 13.1. The van der Waals surface area contributed by atoms with Gasteiger partial charge in [-0.25, -0.2) is 19.0 Å². The Labute approximate surface area is 138 Å². The number of carbonyl (C=O) groups is 1. The van der Waals surface area contributed by atoms with Gasteiger partial charge in [-0.1, -0.05) is 6.92 Å². The zero-order chi connectivity index (χ0) is 16.9. The topological polar surface area (TPSA) is 72.7 Å². The van der Waals surface area contributed by atoms with Crippen molar-refractivity contribution in [1.82, 2.24) is 19.7 Å². The monoisotopic (exact) mass is 325 g/mol. The van der Waals surface area contributed by atoms with E-state index in [2.05, 4.69) is 20.4 Å². The van der Waals surface area contributed by atoms with Gasteiger partial charge >= 0.3 is 0 Å². The number of hydrogen-bond donors (Lipinski definition) is 1. The Morgan fingerprint density at radius 2 is 1.88 bits per heavy atom. The second-order valence-corrected chi connectivity index (χ2v) is 5.19. The summed E-state index contributed by atoms with van der Waals surface area (Å²) < 4.78 is 14.5. The lowest BCUT2D eigenvalue weighted by Gasteiger charge is -2.04. The van der Waals surface area contributed by atoms with E-state index in [9.17, 15) is 9.18 Å². The van der Waals surface area contributed by atoms with Crippen molar-refractivity contribution in [3.8, 4) is 5.69 Å². The number of hydrogen-bond acceptors (Lipinski definition) is 4. The largest absolute Gasteiger partial charge is 0.323 e. The first-order chi connectivity index (χ1) is 11.6. The first-order valence-electron chi connectivity index (χ1n) is 7.55. The maximum Gasteiger partial charge on any atom is 0.230 e. The number of halogens is 1. The average molecular weight is 325 g/mol. The molecular formula is C17H16FN5O. The quantitative estimate of drug-likeness (QED) is 0.782. The van der Waals surface area contributed by atoms with Crippen molar-refractivity contribution in [2.45, 2.75) is 19.8 Å². The molecule has 0 aliphatic carbocycles. The van der Waals surface area contributed by atoms with Crippen LogP contribution in [0.5, 0.6) is 0 Å². The number of rotatable bonds is 5. The lowest BCUT2D eigenvalue weighted by molar-refractivity contribution is -0.115. The van der Waals surface area contributed by atoms with E-state index in [1.165, 1.54) is 12.1 Å². The number of nitrogens with one attached hydrogen (secondary N) is 1. The highest BCUT2D eigenvalue weighted by Gasteiger charge is 2.08. The minimum absolute atomic E-state index is 0.129. The van der Waals surface area contributed by atoms with E-state index in [0.717, 1.165) is 17.9 Å². The normalized spacial score (nSPS) is 10.6. The highest BCUT2D eigenvalue weighted by atomic mass is 19.1. The van der Waals surface area contributed by atoms with Crippen LogP contribution in [0.25, 0.3) is 5.69 Å². The lowest BCUT2D eigenvalue weighted by atomic mass is 10.3. The molecule has 0 aliphatic heterocycles. The lowest BCUT2D eigenvalue weighted by Crippen LogP contribution is -2.15.